The average molecular weight is 235 g/mol. The van der Waals surface area contributed by atoms with E-state index in [4.69, 9.17) is 4.74 Å². The summed E-state index contributed by atoms with van der Waals surface area (Å²) in [5.74, 6) is -0.0607. The van der Waals surface area contributed by atoms with E-state index in [1.165, 1.54) is 0 Å². The van der Waals surface area contributed by atoms with E-state index in [9.17, 15) is 4.79 Å². The highest BCUT2D eigenvalue weighted by molar-refractivity contribution is 5.77. The Bertz CT molecular complexity index is 335. The van der Waals surface area contributed by atoms with Crippen molar-refractivity contribution in [1.82, 2.24) is 5.32 Å². The number of amides is 1. The third kappa shape index (κ3) is 5.00. The van der Waals surface area contributed by atoms with Gasteiger partial charge in [-0.15, -0.1) is 0 Å². The minimum absolute atomic E-state index is 0.0607. The highest BCUT2D eigenvalue weighted by atomic mass is 16.5. The molecule has 0 saturated heterocycles. The Balaban J connectivity index is 2.50. The van der Waals surface area contributed by atoms with Crippen LogP contribution < -0.4 is 5.32 Å². The van der Waals surface area contributed by atoms with E-state index in [0.717, 1.165) is 12.0 Å². The van der Waals surface area contributed by atoms with Gasteiger partial charge >= 0.3 is 0 Å². The lowest BCUT2D eigenvalue weighted by atomic mass is 10.0. The third-order valence-corrected chi connectivity index (χ3v) is 2.49. The Labute approximate surface area is 103 Å². The van der Waals surface area contributed by atoms with Gasteiger partial charge in [0.25, 0.3) is 0 Å². The predicted molar refractivity (Wildman–Crippen MR) is 68.7 cm³/mol. The molecular weight excluding hydrogens is 214 g/mol. The standard InChI is InChI=1S/C14H21NO2/c1-4-13(12-8-6-5-7-9-12)15-14(16)10-17-11(2)3/h5-9,11,13H,4,10H2,1-3H3,(H,15,16). The first-order valence-corrected chi connectivity index (χ1v) is 6.09. The van der Waals surface area contributed by atoms with Crippen molar-refractivity contribution in [2.24, 2.45) is 0 Å². The highest BCUT2D eigenvalue weighted by Gasteiger charge is 2.12. The number of nitrogens with one attached hydrogen (secondary N) is 1. The van der Waals surface area contributed by atoms with E-state index in [1.807, 2.05) is 44.2 Å². The average Bonchev–Trinajstić information content (AvgIpc) is 2.34. The summed E-state index contributed by atoms with van der Waals surface area (Å²) in [5, 5.41) is 2.97. The molecule has 0 saturated carbocycles. The molecule has 94 valence electrons. The van der Waals surface area contributed by atoms with Crippen molar-refractivity contribution in [2.45, 2.75) is 39.3 Å². The summed E-state index contributed by atoms with van der Waals surface area (Å²) in [6.07, 6.45) is 0.954. The molecule has 17 heavy (non-hydrogen) atoms. The third-order valence-electron chi connectivity index (χ3n) is 2.49. The van der Waals surface area contributed by atoms with Crippen LogP contribution in [0.1, 0.15) is 38.8 Å². The summed E-state index contributed by atoms with van der Waals surface area (Å²) in [7, 11) is 0. The molecule has 1 N–H and O–H groups in total. The Morgan fingerprint density at radius 2 is 1.94 bits per heavy atom. The summed E-state index contributed by atoms with van der Waals surface area (Å²) in [4.78, 5) is 11.7. The highest BCUT2D eigenvalue weighted by Crippen LogP contribution is 2.15. The lowest BCUT2D eigenvalue weighted by Gasteiger charge is -2.18. The second-order valence-corrected chi connectivity index (χ2v) is 4.30. The summed E-state index contributed by atoms with van der Waals surface area (Å²) in [6.45, 7) is 6.02. The van der Waals surface area contributed by atoms with Gasteiger partial charge in [-0.25, -0.2) is 0 Å². The summed E-state index contributed by atoms with van der Waals surface area (Å²) < 4.78 is 5.27. The molecule has 0 aliphatic heterocycles. The summed E-state index contributed by atoms with van der Waals surface area (Å²) in [6, 6.07) is 10.1. The zero-order chi connectivity index (χ0) is 12.7. The maximum Gasteiger partial charge on any atom is 0.246 e. The molecule has 0 radical (unpaired) electrons. The van der Waals surface area contributed by atoms with Crippen LogP contribution in [0.2, 0.25) is 0 Å². The number of carbonyl (C=O) groups is 1. The van der Waals surface area contributed by atoms with Crippen molar-refractivity contribution in [3.05, 3.63) is 35.9 Å². The van der Waals surface area contributed by atoms with Gasteiger partial charge in [-0.05, 0) is 25.8 Å². The molecule has 1 aromatic rings. The molecule has 1 aromatic carbocycles. The van der Waals surface area contributed by atoms with Crippen LogP contribution in [0, 0.1) is 0 Å². The SMILES string of the molecule is CCC(NC(=O)COC(C)C)c1ccccc1. The van der Waals surface area contributed by atoms with Crippen LogP contribution in [0.4, 0.5) is 0 Å². The van der Waals surface area contributed by atoms with Crippen molar-refractivity contribution < 1.29 is 9.53 Å². The fourth-order valence-corrected chi connectivity index (χ4v) is 1.58. The second-order valence-electron chi connectivity index (χ2n) is 4.30. The van der Waals surface area contributed by atoms with Crippen molar-refractivity contribution in [1.29, 1.82) is 0 Å². The van der Waals surface area contributed by atoms with Gasteiger partial charge in [0.15, 0.2) is 0 Å². The Kier molecular flexibility index (Phi) is 5.70. The van der Waals surface area contributed by atoms with Gasteiger partial charge in [-0.1, -0.05) is 37.3 Å². The van der Waals surface area contributed by atoms with E-state index in [0.29, 0.717) is 0 Å². The Hall–Kier alpha value is -1.35. The van der Waals surface area contributed by atoms with E-state index in [2.05, 4.69) is 12.2 Å². The molecule has 1 rings (SSSR count). The normalized spacial score (nSPS) is 12.5. The number of rotatable bonds is 6. The van der Waals surface area contributed by atoms with Crippen LogP contribution >= 0.6 is 0 Å². The van der Waals surface area contributed by atoms with Crippen LogP contribution in [0.3, 0.4) is 0 Å². The zero-order valence-corrected chi connectivity index (χ0v) is 10.8. The lowest BCUT2D eigenvalue weighted by molar-refractivity contribution is -0.127. The smallest absolute Gasteiger partial charge is 0.246 e. The van der Waals surface area contributed by atoms with Crippen molar-refractivity contribution >= 4 is 5.91 Å². The van der Waals surface area contributed by atoms with Crippen LogP contribution in [0.25, 0.3) is 0 Å². The van der Waals surface area contributed by atoms with E-state index in [1.54, 1.807) is 0 Å². The molecule has 0 aromatic heterocycles. The number of hydrogen-bond acceptors (Lipinski definition) is 2. The molecule has 0 spiro atoms. The van der Waals surface area contributed by atoms with Gasteiger partial charge in [0.05, 0.1) is 12.1 Å². The lowest BCUT2D eigenvalue weighted by Crippen LogP contribution is -2.32. The van der Waals surface area contributed by atoms with Crippen molar-refractivity contribution in [2.75, 3.05) is 6.61 Å². The topological polar surface area (TPSA) is 38.3 Å². The second kappa shape index (κ2) is 7.07. The molecule has 3 heteroatoms. The minimum atomic E-state index is -0.0607. The zero-order valence-electron chi connectivity index (χ0n) is 10.8. The molecular formula is C14H21NO2. The van der Waals surface area contributed by atoms with Crippen molar-refractivity contribution in [3.63, 3.8) is 0 Å². The Morgan fingerprint density at radius 1 is 1.29 bits per heavy atom. The number of benzene rings is 1. The number of hydrogen-bond donors (Lipinski definition) is 1. The molecule has 0 fully saturated rings. The van der Waals surface area contributed by atoms with Gasteiger partial charge in [-0.2, -0.15) is 0 Å². The quantitative estimate of drug-likeness (QED) is 0.823. The predicted octanol–water partition coefficient (Wildman–Crippen LogP) is 2.68. The number of ether oxygens (including phenoxy) is 1. The maximum atomic E-state index is 11.7. The first-order valence-electron chi connectivity index (χ1n) is 6.09. The summed E-state index contributed by atoms with van der Waals surface area (Å²) >= 11 is 0. The van der Waals surface area contributed by atoms with Gasteiger partial charge < -0.3 is 10.1 Å². The molecule has 0 heterocycles. The van der Waals surface area contributed by atoms with Crippen LogP contribution in [-0.4, -0.2) is 18.6 Å². The Morgan fingerprint density at radius 3 is 2.47 bits per heavy atom. The van der Waals surface area contributed by atoms with Crippen LogP contribution in [-0.2, 0) is 9.53 Å². The van der Waals surface area contributed by atoms with E-state index < -0.39 is 0 Å². The maximum absolute atomic E-state index is 11.7. The largest absolute Gasteiger partial charge is 0.369 e. The van der Waals surface area contributed by atoms with Gasteiger partial charge in [0.1, 0.15) is 6.61 Å². The number of carbonyl (C=O) groups excluding carboxylic acids is 1. The van der Waals surface area contributed by atoms with E-state index >= 15 is 0 Å². The minimum Gasteiger partial charge on any atom is -0.369 e. The molecule has 0 aliphatic carbocycles. The molecule has 1 atom stereocenters. The van der Waals surface area contributed by atoms with E-state index in [-0.39, 0.29) is 24.7 Å². The molecule has 0 aliphatic rings. The van der Waals surface area contributed by atoms with Crippen LogP contribution in [0.15, 0.2) is 30.3 Å². The first-order chi connectivity index (χ1) is 8.13. The van der Waals surface area contributed by atoms with Gasteiger partial charge in [0, 0.05) is 0 Å². The fraction of sp³-hybridized carbons (Fsp3) is 0.500. The molecule has 1 unspecified atom stereocenters. The van der Waals surface area contributed by atoms with Gasteiger partial charge in [-0.3, -0.25) is 4.79 Å². The van der Waals surface area contributed by atoms with Gasteiger partial charge in [0.2, 0.25) is 5.91 Å². The summed E-state index contributed by atoms with van der Waals surface area (Å²) in [5.41, 5.74) is 1.13. The monoisotopic (exact) mass is 235 g/mol. The molecule has 0 bridgehead atoms. The van der Waals surface area contributed by atoms with Crippen molar-refractivity contribution in [3.8, 4) is 0 Å². The fourth-order valence-electron chi connectivity index (χ4n) is 1.58. The van der Waals surface area contributed by atoms with Crippen LogP contribution in [0.5, 0.6) is 0 Å². The first kappa shape index (κ1) is 13.7. The molecule has 1 amide bonds. The molecule has 3 nitrogen and oxygen atoms in total.